The molecule has 0 radical (unpaired) electrons. The van der Waals surface area contributed by atoms with Gasteiger partial charge in [0.2, 0.25) is 0 Å². The minimum atomic E-state index is 0.590. The zero-order chi connectivity index (χ0) is 15.7. The predicted molar refractivity (Wildman–Crippen MR) is 89.6 cm³/mol. The van der Waals surface area contributed by atoms with Crippen molar-refractivity contribution in [3.8, 4) is 11.5 Å². The first kappa shape index (κ1) is 18.1. The van der Waals surface area contributed by atoms with Crippen molar-refractivity contribution < 1.29 is 9.47 Å². The molecular formula is C17H28ClNO2. The van der Waals surface area contributed by atoms with Gasteiger partial charge in [-0.3, -0.25) is 0 Å². The number of unbranched alkanes of at least 4 members (excludes halogenated alkanes) is 1. The average Bonchev–Trinajstić information content (AvgIpc) is 2.50. The Hall–Kier alpha value is -0.930. The number of nitrogens with one attached hydrogen (secondary N) is 1. The van der Waals surface area contributed by atoms with Crippen molar-refractivity contribution in [3.05, 3.63) is 22.7 Å². The van der Waals surface area contributed by atoms with Gasteiger partial charge in [0, 0.05) is 6.54 Å². The maximum atomic E-state index is 6.22. The van der Waals surface area contributed by atoms with Crippen LogP contribution in [0.5, 0.6) is 11.5 Å². The molecule has 0 aromatic heterocycles. The molecule has 0 amide bonds. The topological polar surface area (TPSA) is 30.5 Å². The summed E-state index contributed by atoms with van der Waals surface area (Å²) in [6.45, 7) is 6.34. The van der Waals surface area contributed by atoms with E-state index in [9.17, 15) is 0 Å². The summed E-state index contributed by atoms with van der Waals surface area (Å²) < 4.78 is 10.6. The molecule has 120 valence electrons. The zero-order valence-corrected chi connectivity index (χ0v) is 14.4. The third-order valence-electron chi connectivity index (χ3n) is 3.80. The highest BCUT2D eigenvalue weighted by Crippen LogP contribution is 2.35. The van der Waals surface area contributed by atoms with Crippen LogP contribution in [0.3, 0.4) is 0 Å². The number of hydrogen-bond donors (Lipinski definition) is 1. The molecule has 0 bridgehead atoms. The summed E-state index contributed by atoms with van der Waals surface area (Å²) >= 11 is 6.22. The van der Waals surface area contributed by atoms with E-state index < -0.39 is 0 Å². The van der Waals surface area contributed by atoms with Gasteiger partial charge in [0.25, 0.3) is 0 Å². The van der Waals surface area contributed by atoms with E-state index in [-0.39, 0.29) is 0 Å². The number of hydrogen-bond acceptors (Lipinski definition) is 3. The van der Waals surface area contributed by atoms with Crippen LogP contribution in [0.15, 0.2) is 12.1 Å². The molecule has 0 aliphatic carbocycles. The third kappa shape index (κ3) is 5.76. The average molecular weight is 314 g/mol. The number of rotatable bonds is 10. The second-order valence-corrected chi connectivity index (χ2v) is 5.77. The van der Waals surface area contributed by atoms with Gasteiger partial charge in [0.1, 0.15) is 0 Å². The standard InChI is InChI=1S/C17H28ClNO2/c1-5-7-8-13(6-2)11-19-12-14-9-15(18)17(21-4)16(10-14)20-3/h9-10,13,19H,5-8,11-12H2,1-4H3. The second-order valence-electron chi connectivity index (χ2n) is 5.36. The SMILES string of the molecule is CCCCC(CC)CNCc1cc(Cl)c(OC)c(OC)c1. The number of methoxy groups -OCH3 is 2. The van der Waals surface area contributed by atoms with Crippen molar-refractivity contribution in [1.82, 2.24) is 5.32 Å². The lowest BCUT2D eigenvalue weighted by Crippen LogP contribution is -2.22. The van der Waals surface area contributed by atoms with Crippen LogP contribution >= 0.6 is 11.6 Å². The Labute approximate surface area is 134 Å². The maximum absolute atomic E-state index is 6.22. The van der Waals surface area contributed by atoms with Gasteiger partial charge in [-0.2, -0.15) is 0 Å². The summed E-state index contributed by atoms with van der Waals surface area (Å²) in [5, 5.41) is 4.11. The van der Waals surface area contributed by atoms with E-state index in [1.54, 1.807) is 14.2 Å². The van der Waals surface area contributed by atoms with Crippen LogP contribution in [-0.2, 0) is 6.54 Å². The van der Waals surface area contributed by atoms with Gasteiger partial charge >= 0.3 is 0 Å². The van der Waals surface area contributed by atoms with Crippen molar-refractivity contribution in [1.29, 1.82) is 0 Å². The van der Waals surface area contributed by atoms with Crippen molar-refractivity contribution in [2.75, 3.05) is 20.8 Å². The molecule has 1 aromatic carbocycles. The minimum Gasteiger partial charge on any atom is -0.493 e. The fourth-order valence-corrected chi connectivity index (χ4v) is 2.75. The highest BCUT2D eigenvalue weighted by atomic mass is 35.5. The monoisotopic (exact) mass is 313 g/mol. The Morgan fingerprint density at radius 3 is 2.52 bits per heavy atom. The van der Waals surface area contributed by atoms with Crippen LogP contribution in [0.1, 0.15) is 45.1 Å². The van der Waals surface area contributed by atoms with E-state index in [4.69, 9.17) is 21.1 Å². The van der Waals surface area contributed by atoms with Crippen molar-refractivity contribution in [2.24, 2.45) is 5.92 Å². The zero-order valence-electron chi connectivity index (χ0n) is 13.7. The van der Waals surface area contributed by atoms with Gasteiger partial charge in [-0.1, -0.05) is 44.7 Å². The normalized spacial score (nSPS) is 12.2. The first-order valence-corrected chi connectivity index (χ1v) is 8.15. The summed E-state index contributed by atoms with van der Waals surface area (Å²) in [6.07, 6.45) is 5.09. The lowest BCUT2D eigenvalue weighted by molar-refractivity contribution is 0.354. The molecule has 0 fully saturated rings. The van der Waals surface area contributed by atoms with Crippen LogP contribution < -0.4 is 14.8 Å². The molecule has 1 N–H and O–H groups in total. The number of benzene rings is 1. The summed E-state index contributed by atoms with van der Waals surface area (Å²) in [5.74, 6) is 2.03. The highest BCUT2D eigenvalue weighted by Gasteiger charge is 2.11. The highest BCUT2D eigenvalue weighted by molar-refractivity contribution is 6.32. The van der Waals surface area contributed by atoms with E-state index in [0.29, 0.717) is 16.5 Å². The Morgan fingerprint density at radius 1 is 1.19 bits per heavy atom. The predicted octanol–water partition coefficient (Wildman–Crippen LogP) is 4.66. The molecule has 4 heteroatoms. The van der Waals surface area contributed by atoms with Gasteiger partial charge in [0.05, 0.1) is 19.2 Å². The van der Waals surface area contributed by atoms with Gasteiger partial charge in [-0.25, -0.2) is 0 Å². The van der Waals surface area contributed by atoms with Gasteiger partial charge in [-0.05, 0) is 36.6 Å². The quantitative estimate of drug-likeness (QED) is 0.681. The molecule has 21 heavy (non-hydrogen) atoms. The summed E-state index contributed by atoms with van der Waals surface area (Å²) in [6, 6.07) is 3.91. The minimum absolute atomic E-state index is 0.590. The molecule has 1 atom stereocenters. The number of halogens is 1. The van der Waals surface area contributed by atoms with Gasteiger partial charge < -0.3 is 14.8 Å². The van der Waals surface area contributed by atoms with Crippen LogP contribution in [0.2, 0.25) is 5.02 Å². The molecule has 0 aliphatic heterocycles. The van der Waals surface area contributed by atoms with Crippen molar-refractivity contribution >= 4 is 11.6 Å². The maximum Gasteiger partial charge on any atom is 0.179 e. The lowest BCUT2D eigenvalue weighted by Gasteiger charge is -2.16. The lowest BCUT2D eigenvalue weighted by atomic mass is 9.99. The van der Waals surface area contributed by atoms with E-state index in [1.165, 1.54) is 25.7 Å². The molecule has 0 aliphatic rings. The Bertz CT molecular complexity index is 423. The van der Waals surface area contributed by atoms with Crippen molar-refractivity contribution in [3.63, 3.8) is 0 Å². The van der Waals surface area contributed by atoms with E-state index >= 15 is 0 Å². The molecule has 3 nitrogen and oxygen atoms in total. The van der Waals surface area contributed by atoms with Gasteiger partial charge in [0.15, 0.2) is 11.5 Å². The van der Waals surface area contributed by atoms with Crippen LogP contribution in [-0.4, -0.2) is 20.8 Å². The largest absolute Gasteiger partial charge is 0.493 e. The molecule has 1 aromatic rings. The molecular weight excluding hydrogens is 286 g/mol. The van der Waals surface area contributed by atoms with Crippen LogP contribution in [0.4, 0.5) is 0 Å². The summed E-state index contributed by atoms with van der Waals surface area (Å²) in [4.78, 5) is 0. The van der Waals surface area contributed by atoms with E-state index in [0.717, 1.165) is 24.6 Å². The third-order valence-corrected chi connectivity index (χ3v) is 4.08. The summed E-state index contributed by atoms with van der Waals surface area (Å²) in [7, 11) is 3.23. The fourth-order valence-electron chi connectivity index (χ4n) is 2.44. The first-order valence-electron chi connectivity index (χ1n) is 7.77. The number of ether oxygens (including phenoxy) is 2. The molecule has 0 saturated heterocycles. The van der Waals surface area contributed by atoms with Crippen molar-refractivity contribution in [2.45, 2.75) is 46.1 Å². The Morgan fingerprint density at radius 2 is 1.95 bits per heavy atom. The van der Waals surface area contributed by atoms with E-state index in [2.05, 4.69) is 19.2 Å². The molecule has 1 unspecified atom stereocenters. The smallest absolute Gasteiger partial charge is 0.179 e. The Kier molecular flexibility index (Phi) is 8.55. The molecule has 0 spiro atoms. The Balaban J connectivity index is 2.57. The first-order chi connectivity index (χ1) is 10.2. The molecule has 1 rings (SSSR count). The van der Waals surface area contributed by atoms with E-state index in [1.807, 2.05) is 12.1 Å². The fraction of sp³-hybridized carbons (Fsp3) is 0.647. The van der Waals surface area contributed by atoms with Crippen LogP contribution in [0.25, 0.3) is 0 Å². The van der Waals surface area contributed by atoms with Gasteiger partial charge in [-0.15, -0.1) is 0 Å². The molecule has 0 heterocycles. The molecule has 0 saturated carbocycles. The summed E-state index contributed by atoms with van der Waals surface area (Å²) in [5.41, 5.74) is 1.11. The van der Waals surface area contributed by atoms with Crippen LogP contribution in [0, 0.1) is 5.92 Å². The second kappa shape index (κ2) is 9.91.